The van der Waals surface area contributed by atoms with Gasteiger partial charge in [0.15, 0.2) is 11.2 Å². The number of carboxylic acid groups (broad SMARTS) is 3. The number of benzene rings is 1. The summed E-state index contributed by atoms with van der Waals surface area (Å²) >= 11 is 0. The monoisotopic (exact) mass is 571 g/mol. The summed E-state index contributed by atoms with van der Waals surface area (Å²) in [4.78, 5) is 70.5. The molecule has 15 nitrogen and oxygen atoms in total. The fraction of sp³-hybridized carbons (Fsp3) is 0.385. The second-order valence-electron chi connectivity index (χ2n) is 8.92. The van der Waals surface area contributed by atoms with Crippen molar-refractivity contribution in [1.82, 2.24) is 25.3 Å². The van der Waals surface area contributed by atoms with Gasteiger partial charge in [-0.2, -0.15) is 4.98 Å². The molecule has 0 radical (unpaired) electrons. The lowest BCUT2D eigenvalue weighted by atomic mass is 10.1. The first-order valence-electron chi connectivity index (χ1n) is 12.8. The number of aromatic amines is 1. The molecule has 2 heterocycles. The van der Waals surface area contributed by atoms with Gasteiger partial charge in [-0.15, -0.1) is 0 Å². The summed E-state index contributed by atoms with van der Waals surface area (Å²) in [6, 6.07) is 4.86. The van der Waals surface area contributed by atoms with E-state index in [1.807, 2.05) is 0 Å². The number of aliphatic carboxylic acids is 3. The number of amides is 1. The zero-order chi connectivity index (χ0) is 30.4. The summed E-state index contributed by atoms with van der Waals surface area (Å²) in [6.45, 7) is 2.34. The molecule has 0 saturated heterocycles. The first-order chi connectivity index (χ1) is 19.5. The number of fused-ring (bicyclic) bond motifs is 1. The van der Waals surface area contributed by atoms with Gasteiger partial charge in [0.1, 0.15) is 6.04 Å². The molecular weight excluding hydrogens is 538 g/mol. The highest BCUT2D eigenvalue weighted by atomic mass is 16.4. The van der Waals surface area contributed by atoms with Crippen LogP contribution in [0.2, 0.25) is 0 Å². The van der Waals surface area contributed by atoms with Crippen molar-refractivity contribution in [2.45, 2.75) is 64.5 Å². The van der Waals surface area contributed by atoms with Gasteiger partial charge < -0.3 is 31.7 Å². The first-order valence-corrected chi connectivity index (χ1v) is 12.8. The number of carboxylic acids is 3. The lowest BCUT2D eigenvalue weighted by Crippen LogP contribution is -2.41. The van der Waals surface area contributed by atoms with E-state index in [2.05, 4.69) is 37.5 Å². The number of H-pyrrole nitrogens is 1. The molecule has 1 atom stereocenters. The SMILES string of the molecule is CCCCCCC(=O)O.Nc1nc2ncc(CNc3ccc(C(=O)NC(CCC(=O)O)C(=O)O)cc3)nc2c(=O)[nH]1. The highest BCUT2D eigenvalue weighted by molar-refractivity contribution is 5.97. The molecule has 2 aromatic heterocycles. The fourth-order valence-corrected chi connectivity index (χ4v) is 3.46. The van der Waals surface area contributed by atoms with Gasteiger partial charge >= 0.3 is 17.9 Å². The number of hydrogen-bond donors (Lipinski definition) is 7. The number of nitrogen functional groups attached to an aromatic ring is 1. The number of rotatable bonds is 14. The maximum atomic E-state index is 12.3. The minimum Gasteiger partial charge on any atom is -0.481 e. The van der Waals surface area contributed by atoms with Gasteiger partial charge in [-0.3, -0.25) is 24.2 Å². The summed E-state index contributed by atoms with van der Waals surface area (Å²) in [5.41, 5.74) is 6.47. The van der Waals surface area contributed by atoms with Gasteiger partial charge in [0.05, 0.1) is 18.4 Å². The van der Waals surface area contributed by atoms with E-state index >= 15 is 0 Å². The Morgan fingerprint density at radius 3 is 2.27 bits per heavy atom. The van der Waals surface area contributed by atoms with Crippen LogP contribution in [-0.2, 0) is 20.9 Å². The van der Waals surface area contributed by atoms with Crippen LogP contribution >= 0.6 is 0 Å². The molecule has 0 spiro atoms. The summed E-state index contributed by atoms with van der Waals surface area (Å²) < 4.78 is 0. The van der Waals surface area contributed by atoms with Crippen molar-refractivity contribution in [3.8, 4) is 0 Å². The van der Waals surface area contributed by atoms with Crippen LogP contribution in [0.3, 0.4) is 0 Å². The van der Waals surface area contributed by atoms with E-state index in [1.54, 1.807) is 12.1 Å². The predicted molar refractivity (Wildman–Crippen MR) is 148 cm³/mol. The van der Waals surface area contributed by atoms with E-state index < -0.39 is 35.4 Å². The topological polar surface area (TPSA) is 251 Å². The number of hydrogen-bond acceptors (Lipinski definition) is 10. The second-order valence-corrected chi connectivity index (χ2v) is 8.92. The minimum absolute atomic E-state index is 0.0524. The molecule has 8 N–H and O–H groups in total. The van der Waals surface area contributed by atoms with Crippen molar-refractivity contribution in [3.05, 3.63) is 52.1 Å². The van der Waals surface area contributed by atoms with Crippen LogP contribution in [-0.4, -0.2) is 65.1 Å². The standard InChI is InChI=1S/C19H19N7O6.C7H14O2/c20-19-25-15-14(17(30)26-19)23-11(8-22-15)7-21-10-3-1-9(2-4-10)16(29)24-12(18(31)32)5-6-13(27)28;1-2-3-4-5-6-7(8)9/h1-4,8,12,21H,5-7H2,(H,24,29)(H,27,28)(H,31,32)(H3,20,22,25,26,30);2-6H2,1H3,(H,8,9). The van der Waals surface area contributed by atoms with Crippen molar-refractivity contribution < 1.29 is 34.5 Å². The Bertz CT molecular complexity index is 1410. The molecule has 0 aliphatic rings. The van der Waals surface area contributed by atoms with Gasteiger partial charge in [-0.05, 0) is 37.1 Å². The Morgan fingerprint density at radius 1 is 0.976 bits per heavy atom. The van der Waals surface area contributed by atoms with Crippen molar-refractivity contribution in [3.63, 3.8) is 0 Å². The van der Waals surface area contributed by atoms with Crippen LogP contribution in [0.1, 0.15) is 67.9 Å². The van der Waals surface area contributed by atoms with Crippen molar-refractivity contribution in [1.29, 1.82) is 0 Å². The molecule has 1 aromatic carbocycles. The fourth-order valence-electron chi connectivity index (χ4n) is 3.46. The van der Waals surface area contributed by atoms with Gasteiger partial charge in [-0.1, -0.05) is 26.2 Å². The number of carbonyl (C=O) groups excluding carboxylic acids is 1. The highest BCUT2D eigenvalue weighted by Crippen LogP contribution is 2.12. The maximum absolute atomic E-state index is 12.3. The molecule has 0 fully saturated rings. The molecule has 1 unspecified atom stereocenters. The number of nitrogens with zero attached hydrogens (tertiary/aromatic N) is 3. The number of nitrogens with two attached hydrogens (primary N) is 1. The molecule has 41 heavy (non-hydrogen) atoms. The number of aromatic nitrogens is 4. The lowest BCUT2D eigenvalue weighted by Gasteiger charge is -2.14. The van der Waals surface area contributed by atoms with E-state index in [9.17, 15) is 24.0 Å². The molecular formula is C26H33N7O8. The van der Waals surface area contributed by atoms with E-state index in [0.717, 1.165) is 19.3 Å². The Labute approximate surface area is 234 Å². The van der Waals surface area contributed by atoms with Gasteiger partial charge in [0.25, 0.3) is 11.5 Å². The van der Waals surface area contributed by atoms with Crippen LogP contribution in [0.4, 0.5) is 11.6 Å². The lowest BCUT2D eigenvalue weighted by molar-refractivity contribution is -0.141. The molecule has 0 aliphatic carbocycles. The normalized spacial score (nSPS) is 11.1. The van der Waals surface area contributed by atoms with Crippen LogP contribution < -0.4 is 21.9 Å². The van der Waals surface area contributed by atoms with Crippen molar-refractivity contribution in [2.24, 2.45) is 0 Å². The number of carbonyl (C=O) groups is 4. The number of nitrogens with one attached hydrogen (secondary N) is 3. The van der Waals surface area contributed by atoms with E-state index in [0.29, 0.717) is 17.8 Å². The molecule has 0 saturated carbocycles. The van der Waals surface area contributed by atoms with Gasteiger partial charge in [-0.25, -0.2) is 14.8 Å². The van der Waals surface area contributed by atoms with Crippen molar-refractivity contribution in [2.75, 3.05) is 11.1 Å². The summed E-state index contributed by atoms with van der Waals surface area (Å²) in [5, 5.41) is 31.4. The summed E-state index contributed by atoms with van der Waals surface area (Å²) in [6.07, 6.45) is 5.39. The van der Waals surface area contributed by atoms with Gasteiger partial charge in [0, 0.05) is 24.1 Å². The molecule has 0 aliphatic heterocycles. The second kappa shape index (κ2) is 16.1. The van der Waals surface area contributed by atoms with Crippen LogP contribution in [0.25, 0.3) is 11.2 Å². The minimum atomic E-state index is -1.31. The predicted octanol–water partition coefficient (Wildman–Crippen LogP) is 2.00. The average molecular weight is 572 g/mol. The third-order valence-electron chi connectivity index (χ3n) is 5.60. The van der Waals surface area contributed by atoms with E-state index in [-0.39, 0.29) is 42.1 Å². The van der Waals surface area contributed by atoms with Gasteiger partial charge in [0.2, 0.25) is 5.95 Å². The molecule has 220 valence electrons. The Kier molecular flexibility index (Phi) is 12.6. The zero-order valence-corrected chi connectivity index (χ0v) is 22.4. The first kappa shape index (κ1) is 32.1. The number of unbranched alkanes of at least 4 members (excludes halogenated alkanes) is 3. The summed E-state index contributed by atoms with van der Waals surface area (Å²) in [5.74, 6) is -3.83. The van der Waals surface area contributed by atoms with E-state index in [1.165, 1.54) is 24.8 Å². The summed E-state index contributed by atoms with van der Waals surface area (Å²) in [7, 11) is 0. The Balaban J connectivity index is 0.000000564. The average Bonchev–Trinajstić information content (AvgIpc) is 2.92. The maximum Gasteiger partial charge on any atom is 0.326 e. The molecule has 3 rings (SSSR count). The quantitative estimate of drug-likeness (QED) is 0.137. The molecule has 3 aromatic rings. The van der Waals surface area contributed by atoms with Crippen LogP contribution in [0.15, 0.2) is 35.3 Å². The highest BCUT2D eigenvalue weighted by Gasteiger charge is 2.21. The van der Waals surface area contributed by atoms with E-state index in [4.69, 9.17) is 21.1 Å². The molecule has 0 bridgehead atoms. The third kappa shape index (κ3) is 11.3. The smallest absolute Gasteiger partial charge is 0.326 e. The Morgan fingerprint density at radius 2 is 1.66 bits per heavy atom. The van der Waals surface area contributed by atoms with Crippen LogP contribution in [0, 0.1) is 0 Å². The third-order valence-corrected chi connectivity index (χ3v) is 5.60. The largest absolute Gasteiger partial charge is 0.481 e. The molecule has 15 heteroatoms. The van der Waals surface area contributed by atoms with Crippen LogP contribution in [0.5, 0.6) is 0 Å². The Hall–Kier alpha value is -5.08. The molecule has 1 amide bonds. The number of anilines is 2. The van der Waals surface area contributed by atoms with Crippen molar-refractivity contribution >= 4 is 46.6 Å². The zero-order valence-electron chi connectivity index (χ0n) is 22.4.